The fourth-order valence-electron chi connectivity index (χ4n) is 2.39. The minimum absolute atomic E-state index is 0.0218. The van der Waals surface area contributed by atoms with Gasteiger partial charge in [-0.25, -0.2) is 18.6 Å². The Bertz CT molecular complexity index is 791. The van der Waals surface area contributed by atoms with Crippen LogP contribution >= 0.6 is 0 Å². The molecule has 26 heavy (non-hydrogen) atoms. The number of hydrogen-bond acceptors (Lipinski definition) is 4. The molecule has 0 radical (unpaired) electrons. The van der Waals surface area contributed by atoms with E-state index in [2.05, 4.69) is 10.3 Å². The van der Waals surface area contributed by atoms with Crippen molar-refractivity contribution in [2.75, 3.05) is 0 Å². The van der Waals surface area contributed by atoms with Gasteiger partial charge in [-0.05, 0) is 18.1 Å². The van der Waals surface area contributed by atoms with Crippen LogP contribution in [0.25, 0.3) is 11.3 Å². The Morgan fingerprint density at radius 3 is 2.69 bits per heavy atom. The second kappa shape index (κ2) is 8.55. The van der Waals surface area contributed by atoms with E-state index in [0.717, 1.165) is 12.1 Å². The maximum Gasteiger partial charge on any atom is 0.326 e. The number of oxazole rings is 1. The molecular weight excluding hydrogens is 346 g/mol. The van der Waals surface area contributed by atoms with Crippen LogP contribution in [0.4, 0.5) is 8.78 Å². The Hall–Kier alpha value is -2.77. The number of nitrogens with one attached hydrogen (secondary N) is 1. The Morgan fingerprint density at radius 1 is 1.35 bits per heavy atom. The number of nitrogens with zero attached hydrogens (tertiary/aromatic N) is 1. The number of amides is 1. The molecule has 140 valence electrons. The Labute approximate surface area is 149 Å². The maximum atomic E-state index is 13.7. The van der Waals surface area contributed by atoms with Crippen molar-refractivity contribution in [3.63, 3.8) is 0 Å². The van der Waals surface area contributed by atoms with E-state index >= 15 is 0 Å². The lowest BCUT2D eigenvalue weighted by atomic mass is 9.99. The summed E-state index contributed by atoms with van der Waals surface area (Å²) in [7, 11) is 0. The molecule has 0 saturated carbocycles. The number of halogens is 2. The largest absolute Gasteiger partial charge is 0.480 e. The van der Waals surface area contributed by atoms with Crippen molar-refractivity contribution in [2.24, 2.45) is 5.92 Å². The zero-order chi connectivity index (χ0) is 19.3. The van der Waals surface area contributed by atoms with Gasteiger partial charge in [-0.1, -0.05) is 20.3 Å². The summed E-state index contributed by atoms with van der Waals surface area (Å²) in [4.78, 5) is 27.2. The topological polar surface area (TPSA) is 92.4 Å². The van der Waals surface area contributed by atoms with Crippen LogP contribution in [-0.2, 0) is 16.0 Å². The Balaban J connectivity index is 1.97. The zero-order valence-corrected chi connectivity index (χ0v) is 14.5. The molecule has 2 atom stereocenters. The third kappa shape index (κ3) is 4.87. The van der Waals surface area contributed by atoms with Gasteiger partial charge in [-0.2, -0.15) is 0 Å². The van der Waals surface area contributed by atoms with Crippen LogP contribution in [0.3, 0.4) is 0 Å². The number of carbonyl (C=O) groups excluding carboxylic acids is 1. The van der Waals surface area contributed by atoms with E-state index in [-0.39, 0.29) is 36.0 Å². The predicted molar refractivity (Wildman–Crippen MR) is 89.2 cm³/mol. The molecule has 0 spiro atoms. The number of carbonyl (C=O) groups is 2. The van der Waals surface area contributed by atoms with Crippen LogP contribution in [-0.4, -0.2) is 28.0 Å². The van der Waals surface area contributed by atoms with Crippen LogP contribution in [0.2, 0.25) is 0 Å². The van der Waals surface area contributed by atoms with Gasteiger partial charge in [0.15, 0.2) is 11.7 Å². The van der Waals surface area contributed by atoms with E-state index in [9.17, 15) is 23.5 Å². The number of aromatic nitrogens is 1. The van der Waals surface area contributed by atoms with Gasteiger partial charge in [0, 0.05) is 18.9 Å². The molecule has 6 nitrogen and oxygen atoms in total. The molecule has 1 heterocycles. The maximum absolute atomic E-state index is 13.7. The number of aryl methyl sites for hydroxylation is 1. The zero-order valence-electron chi connectivity index (χ0n) is 14.5. The molecule has 1 aromatic heterocycles. The van der Waals surface area contributed by atoms with Crippen molar-refractivity contribution < 1.29 is 27.9 Å². The highest BCUT2D eigenvalue weighted by Gasteiger charge is 2.25. The summed E-state index contributed by atoms with van der Waals surface area (Å²) in [6.07, 6.45) is 2.01. The summed E-state index contributed by atoms with van der Waals surface area (Å²) < 4.78 is 32.1. The van der Waals surface area contributed by atoms with E-state index in [4.69, 9.17) is 4.42 Å². The summed E-state index contributed by atoms with van der Waals surface area (Å²) in [6.45, 7) is 3.59. The van der Waals surface area contributed by atoms with Gasteiger partial charge in [0.1, 0.15) is 17.7 Å². The van der Waals surface area contributed by atoms with Crippen molar-refractivity contribution in [3.8, 4) is 11.3 Å². The van der Waals surface area contributed by atoms with E-state index in [0.29, 0.717) is 6.42 Å². The summed E-state index contributed by atoms with van der Waals surface area (Å²) in [5.41, 5.74) is 0.0670. The highest BCUT2D eigenvalue weighted by molar-refractivity contribution is 5.83. The van der Waals surface area contributed by atoms with Gasteiger partial charge in [-0.3, -0.25) is 4.79 Å². The van der Waals surface area contributed by atoms with E-state index < -0.39 is 29.6 Å². The second-order valence-corrected chi connectivity index (χ2v) is 6.01. The normalized spacial score (nSPS) is 13.2. The van der Waals surface area contributed by atoms with Gasteiger partial charge in [0.25, 0.3) is 0 Å². The van der Waals surface area contributed by atoms with Gasteiger partial charge in [0.2, 0.25) is 5.91 Å². The average Bonchev–Trinajstić information content (AvgIpc) is 3.05. The molecule has 0 saturated heterocycles. The Morgan fingerprint density at radius 2 is 2.08 bits per heavy atom. The van der Waals surface area contributed by atoms with Gasteiger partial charge in [0.05, 0.1) is 11.8 Å². The summed E-state index contributed by atoms with van der Waals surface area (Å²) in [5.74, 6) is -2.87. The molecule has 0 aliphatic heterocycles. The summed E-state index contributed by atoms with van der Waals surface area (Å²) in [5, 5.41) is 11.7. The summed E-state index contributed by atoms with van der Waals surface area (Å²) in [6, 6.07) is 2.13. The van der Waals surface area contributed by atoms with Crippen molar-refractivity contribution in [3.05, 3.63) is 41.9 Å². The number of aliphatic carboxylic acids is 1. The molecule has 8 heteroatoms. The van der Waals surface area contributed by atoms with E-state index in [1.54, 1.807) is 6.92 Å². The molecule has 0 bridgehead atoms. The monoisotopic (exact) mass is 366 g/mol. The molecule has 0 aliphatic carbocycles. The van der Waals surface area contributed by atoms with Crippen LogP contribution in [0, 0.1) is 17.6 Å². The number of carboxylic acid groups (broad SMARTS) is 1. The fraction of sp³-hybridized carbons (Fsp3) is 0.389. The predicted octanol–water partition coefficient (Wildman–Crippen LogP) is 3.17. The van der Waals surface area contributed by atoms with Crippen LogP contribution in [0.5, 0.6) is 0 Å². The molecular formula is C18H20F2N2O4. The lowest BCUT2D eigenvalue weighted by Crippen LogP contribution is -2.45. The molecule has 0 fully saturated rings. The first-order chi connectivity index (χ1) is 12.3. The second-order valence-electron chi connectivity index (χ2n) is 6.01. The lowest BCUT2D eigenvalue weighted by Gasteiger charge is -2.19. The minimum Gasteiger partial charge on any atom is -0.480 e. The molecule has 1 aromatic carbocycles. The average molecular weight is 366 g/mol. The third-order valence-electron chi connectivity index (χ3n) is 4.11. The molecule has 2 rings (SSSR count). The van der Waals surface area contributed by atoms with Crippen LogP contribution in [0.15, 0.2) is 28.8 Å². The van der Waals surface area contributed by atoms with Crippen molar-refractivity contribution in [1.82, 2.24) is 10.3 Å². The standard InChI is InChI=1S/C18H20F2N2O4/c1-3-10(2)17(18(24)25)22-15(23)6-7-16-21-9-14(26-16)12-5-4-11(19)8-13(12)20/h4-5,8-10,17H,3,6-7H2,1-2H3,(H,22,23)(H,24,25). The molecule has 2 aromatic rings. The highest BCUT2D eigenvalue weighted by atomic mass is 19.1. The quantitative estimate of drug-likeness (QED) is 0.749. The number of benzene rings is 1. The Kier molecular flexibility index (Phi) is 6.43. The van der Waals surface area contributed by atoms with Crippen molar-refractivity contribution in [2.45, 2.75) is 39.2 Å². The fourth-order valence-corrected chi connectivity index (χ4v) is 2.39. The third-order valence-corrected chi connectivity index (χ3v) is 4.11. The smallest absolute Gasteiger partial charge is 0.326 e. The SMILES string of the molecule is CCC(C)C(NC(=O)CCc1ncc(-c2ccc(F)cc2F)o1)C(=O)O. The van der Waals surface area contributed by atoms with E-state index in [1.807, 2.05) is 6.92 Å². The number of carboxylic acids is 1. The summed E-state index contributed by atoms with van der Waals surface area (Å²) >= 11 is 0. The molecule has 2 N–H and O–H groups in total. The van der Waals surface area contributed by atoms with Crippen LogP contribution in [0.1, 0.15) is 32.6 Å². The molecule has 1 amide bonds. The first kappa shape index (κ1) is 19.6. The van der Waals surface area contributed by atoms with Crippen molar-refractivity contribution >= 4 is 11.9 Å². The van der Waals surface area contributed by atoms with Crippen molar-refractivity contribution in [1.29, 1.82) is 0 Å². The first-order valence-electron chi connectivity index (χ1n) is 8.24. The highest BCUT2D eigenvalue weighted by Crippen LogP contribution is 2.24. The minimum atomic E-state index is -1.09. The lowest BCUT2D eigenvalue weighted by molar-refractivity contribution is -0.143. The first-order valence-corrected chi connectivity index (χ1v) is 8.24. The van der Waals surface area contributed by atoms with Gasteiger partial charge >= 0.3 is 5.97 Å². The van der Waals surface area contributed by atoms with Gasteiger partial charge < -0.3 is 14.8 Å². The molecule has 0 aliphatic rings. The van der Waals surface area contributed by atoms with E-state index in [1.165, 1.54) is 12.3 Å². The van der Waals surface area contributed by atoms with Crippen LogP contribution < -0.4 is 5.32 Å². The molecule has 2 unspecified atom stereocenters. The van der Waals surface area contributed by atoms with Gasteiger partial charge in [-0.15, -0.1) is 0 Å². The number of rotatable bonds is 8. The number of hydrogen-bond donors (Lipinski definition) is 2.